The van der Waals surface area contributed by atoms with Crippen molar-refractivity contribution in [2.45, 2.75) is 114 Å². The fourth-order valence-corrected chi connectivity index (χ4v) is 6.39. The molecule has 2 saturated heterocycles. The van der Waals surface area contributed by atoms with Gasteiger partial charge in [-0.15, -0.1) is 0 Å². The van der Waals surface area contributed by atoms with Crippen molar-refractivity contribution < 1.29 is 53.8 Å². The molecule has 43 heavy (non-hydrogen) atoms. The number of benzene rings is 1. The second-order valence-electron chi connectivity index (χ2n) is 11.5. The van der Waals surface area contributed by atoms with Crippen LogP contribution in [0.4, 0.5) is 0 Å². The number of carboxylic acids is 1. The van der Waals surface area contributed by atoms with Gasteiger partial charge in [-0.25, -0.2) is 9.59 Å². The molecule has 0 aromatic heterocycles. The van der Waals surface area contributed by atoms with Crippen molar-refractivity contribution in [3.63, 3.8) is 0 Å². The highest BCUT2D eigenvalue weighted by atomic mass is 16.7. The van der Waals surface area contributed by atoms with E-state index >= 15 is 0 Å². The first kappa shape index (κ1) is 32.8. The van der Waals surface area contributed by atoms with Crippen LogP contribution in [-0.2, 0) is 39.8 Å². The second-order valence-corrected chi connectivity index (χ2v) is 11.5. The minimum Gasteiger partial charge on any atom is -0.479 e. The molecule has 1 saturated carbocycles. The maximum Gasteiger partial charge on any atom is 0.335 e. The number of carbonyl (C=O) groups excluding carboxylic acids is 3. The molecule has 3 aliphatic rings. The highest BCUT2D eigenvalue weighted by molar-refractivity contribution is 5.89. The Bertz CT molecular complexity index is 1130. The van der Waals surface area contributed by atoms with Crippen LogP contribution in [0.3, 0.4) is 0 Å². The van der Waals surface area contributed by atoms with E-state index in [1.54, 1.807) is 13.8 Å². The molecular weight excluding hydrogens is 564 g/mol. The Hall–Kier alpha value is -3.10. The number of likely N-dealkylation sites (tertiary alicyclic amines) is 1. The molecule has 0 bridgehead atoms. The lowest BCUT2D eigenvalue weighted by atomic mass is 9.84. The number of rotatable bonds is 11. The number of carboxylic acid groups (broad SMARTS) is 1. The number of aliphatic hydroxyl groups excluding tert-OH is 3. The van der Waals surface area contributed by atoms with Crippen LogP contribution in [0.1, 0.15) is 57.9 Å². The Labute approximate surface area is 250 Å². The fourth-order valence-electron chi connectivity index (χ4n) is 6.39. The minimum atomic E-state index is -1.93. The number of hydrogen-bond acceptors (Lipinski definition) is 11. The maximum atomic E-state index is 14.0. The molecule has 3 fully saturated rings. The van der Waals surface area contributed by atoms with Crippen LogP contribution in [0.5, 0.6) is 0 Å². The molecule has 1 aromatic rings. The number of aryl methyl sites for hydroxylation is 1. The number of aliphatic hydroxyl groups is 3. The van der Waals surface area contributed by atoms with Gasteiger partial charge in [-0.1, -0.05) is 43.2 Å². The lowest BCUT2D eigenvalue weighted by Gasteiger charge is -2.39. The number of ether oxygens (including phenoxy) is 3. The molecule has 5 unspecified atom stereocenters. The topological polar surface area (TPSA) is 192 Å². The van der Waals surface area contributed by atoms with Gasteiger partial charge in [0.15, 0.2) is 6.10 Å². The number of esters is 2. The molecule has 1 aliphatic carbocycles. The van der Waals surface area contributed by atoms with Crippen molar-refractivity contribution in [2.75, 3.05) is 6.61 Å². The van der Waals surface area contributed by atoms with E-state index in [2.05, 4.69) is 5.32 Å². The fraction of sp³-hybridized carbons (Fsp3) is 0.667. The van der Waals surface area contributed by atoms with E-state index < -0.39 is 72.6 Å². The van der Waals surface area contributed by atoms with Gasteiger partial charge in [0.25, 0.3) is 0 Å². The lowest BCUT2D eigenvalue weighted by molar-refractivity contribution is -0.287. The zero-order valence-electron chi connectivity index (χ0n) is 24.4. The van der Waals surface area contributed by atoms with Crippen LogP contribution in [0.2, 0.25) is 0 Å². The summed E-state index contributed by atoms with van der Waals surface area (Å²) in [5.74, 6) is -3.39. The third kappa shape index (κ3) is 7.52. The number of fused-ring (bicyclic) bond motifs is 1. The van der Waals surface area contributed by atoms with Crippen molar-refractivity contribution in [1.82, 2.24) is 10.2 Å². The van der Waals surface area contributed by atoms with E-state index in [0.717, 1.165) is 24.8 Å². The average molecular weight is 607 g/mol. The number of amides is 1. The molecule has 0 radical (unpaired) electrons. The van der Waals surface area contributed by atoms with Crippen LogP contribution < -0.4 is 5.32 Å². The molecule has 2 aliphatic heterocycles. The second kappa shape index (κ2) is 14.6. The molecule has 10 atom stereocenters. The van der Waals surface area contributed by atoms with Gasteiger partial charge < -0.3 is 39.5 Å². The van der Waals surface area contributed by atoms with E-state index in [1.165, 1.54) is 4.90 Å². The smallest absolute Gasteiger partial charge is 0.335 e. The van der Waals surface area contributed by atoms with Crippen LogP contribution >= 0.6 is 0 Å². The van der Waals surface area contributed by atoms with Gasteiger partial charge in [0.1, 0.15) is 30.4 Å². The molecule has 1 aromatic carbocycles. The summed E-state index contributed by atoms with van der Waals surface area (Å²) in [6, 6.07) is 6.66. The zero-order valence-corrected chi connectivity index (χ0v) is 24.4. The number of nitrogens with one attached hydrogen (secondary N) is 1. The summed E-state index contributed by atoms with van der Waals surface area (Å²) in [5.41, 5.74) is 1.03. The Morgan fingerprint density at radius 2 is 1.74 bits per heavy atom. The van der Waals surface area contributed by atoms with E-state index in [9.17, 15) is 39.6 Å². The van der Waals surface area contributed by atoms with E-state index in [1.807, 2.05) is 30.3 Å². The summed E-state index contributed by atoms with van der Waals surface area (Å²) in [7, 11) is 0. The van der Waals surface area contributed by atoms with Crippen LogP contribution in [-0.4, -0.2) is 111 Å². The standard InChI is InChI=1S/C30H42N2O11/c1-3-41-28(39)19(14-13-17-9-5-4-6-10-17)31-16(2)26(36)32-20-12-8-7-11-18(20)15-21(32)29(40)43-30-24(35)22(33)23(34)25(42-30)27(37)38/h4-6,9-10,16,18-25,30-31,33-35H,3,7-8,11-15H2,1-2H3,(H,37,38)/t16-,18+,19-,20-,21-,22?,23?,24?,25?,30?/m1/s1. The number of nitrogens with zero attached hydrogens (tertiary/aromatic N) is 1. The molecule has 13 heteroatoms. The summed E-state index contributed by atoms with van der Waals surface area (Å²) in [6.45, 7) is 3.51. The molecule has 1 amide bonds. The van der Waals surface area contributed by atoms with Crippen molar-refractivity contribution in [3.8, 4) is 0 Å². The first-order valence-electron chi connectivity index (χ1n) is 14.9. The first-order valence-corrected chi connectivity index (χ1v) is 14.9. The summed E-state index contributed by atoms with van der Waals surface area (Å²) < 4.78 is 15.8. The van der Waals surface area contributed by atoms with Crippen LogP contribution in [0.15, 0.2) is 30.3 Å². The van der Waals surface area contributed by atoms with Gasteiger partial charge in [-0.05, 0) is 57.4 Å². The highest BCUT2D eigenvalue weighted by Crippen LogP contribution is 2.41. The van der Waals surface area contributed by atoms with Gasteiger partial charge in [0.05, 0.1) is 12.6 Å². The summed E-state index contributed by atoms with van der Waals surface area (Å²) in [4.78, 5) is 53.2. The van der Waals surface area contributed by atoms with Gasteiger partial charge >= 0.3 is 17.9 Å². The molecular formula is C30H42N2O11. The Balaban J connectivity index is 1.49. The predicted molar refractivity (Wildman–Crippen MR) is 149 cm³/mol. The third-order valence-electron chi connectivity index (χ3n) is 8.62. The highest BCUT2D eigenvalue weighted by Gasteiger charge is 2.52. The third-order valence-corrected chi connectivity index (χ3v) is 8.62. The average Bonchev–Trinajstić information content (AvgIpc) is 3.39. The zero-order chi connectivity index (χ0) is 31.3. The van der Waals surface area contributed by atoms with Crippen molar-refractivity contribution in [3.05, 3.63) is 35.9 Å². The quantitative estimate of drug-likeness (QED) is 0.214. The predicted octanol–water partition coefficient (Wildman–Crippen LogP) is 0.124. The first-order chi connectivity index (χ1) is 20.5. The van der Waals surface area contributed by atoms with Gasteiger partial charge in [0.2, 0.25) is 12.2 Å². The normalized spacial score (nSPS) is 31.9. The molecule has 0 spiro atoms. The summed E-state index contributed by atoms with van der Waals surface area (Å²) in [5, 5.41) is 42.9. The lowest BCUT2D eigenvalue weighted by Crippen LogP contribution is -2.61. The molecule has 5 N–H and O–H groups in total. The Morgan fingerprint density at radius 3 is 2.42 bits per heavy atom. The van der Waals surface area contributed by atoms with Crippen molar-refractivity contribution in [1.29, 1.82) is 0 Å². The largest absolute Gasteiger partial charge is 0.479 e. The van der Waals surface area contributed by atoms with Crippen LogP contribution in [0.25, 0.3) is 0 Å². The van der Waals surface area contributed by atoms with E-state index in [0.29, 0.717) is 25.7 Å². The molecule has 238 valence electrons. The summed E-state index contributed by atoms with van der Waals surface area (Å²) in [6.07, 6.45) is -5.03. The molecule has 2 heterocycles. The van der Waals surface area contributed by atoms with E-state index in [4.69, 9.17) is 14.2 Å². The minimum absolute atomic E-state index is 0.0257. The SMILES string of the molecule is CCOC(=O)[C@@H](CCc1ccccc1)N[C@H](C)C(=O)N1[C@@H](C(=O)OC2OC(C(=O)O)C(O)C(O)C2O)C[C@@H]2CCCC[C@H]21. The van der Waals surface area contributed by atoms with Crippen LogP contribution in [0, 0.1) is 5.92 Å². The van der Waals surface area contributed by atoms with Gasteiger partial charge in [-0.2, -0.15) is 0 Å². The van der Waals surface area contributed by atoms with Gasteiger partial charge in [0, 0.05) is 6.04 Å². The molecule has 13 nitrogen and oxygen atoms in total. The number of aliphatic carboxylic acids is 1. The summed E-state index contributed by atoms with van der Waals surface area (Å²) >= 11 is 0. The van der Waals surface area contributed by atoms with E-state index in [-0.39, 0.29) is 18.6 Å². The van der Waals surface area contributed by atoms with Gasteiger partial charge in [-0.3, -0.25) is 14.9 Å². The Kier molecular flexibility index (Phi) is 11.1. The number of hydrogen-bond donors (Lipinski definition) is 5. The van der Waals surface area contributed by atoms with Crippen molar-refractivity contribution in [2.24, 2.45) is 5.92 Å². The number of carbonyl (C=O) groups is 4. The Morgan fingerprint density at radius 1 is 1.05 bits per heavy atom. The maximum absolute atomic E-state index is 14.0. The van der Waals surface area contributed by atoms with Crippen molar-refractivity contribution >= 4 is 23.8 Å². The molecule has 4 rings (SSSR count). The monoisotopic (exact) mass is 606 g/mol.